The monoisotopic (exact) mass is 280 g/mol. The molecular formula is C15H24N2OS. The Hall–Kier alpha value is -1.03. The van der Waals surface area contributed by atoms with Crippen molar-refractivity contribution >= 4 is 23.1 Å². The first-order chi connectivity index (χ1) is 9.11. The number of ether oxygens (including phenoxy) is 1. The lowest BCUT2D eigenvalue weighted by Crippen LogP contribution is -2.44. The first-order valence-corrected chi connectivity index (χ1v) is 8.08. The summed E-state index contributed by atoms with van der Waals surface area (Å²) in [4.78, 5) is 2.44. The lowest BCUT2D eigenvalue weighted by molar-refractivity contribution is 0.317. The molecule has 0 spiro atoms. The molecule has 4 heteroatoms. The summed E-state index contributed by atoms with van der Waals surface area (Å²) in [5, 5.41) is 0.648. The van der Waals surface area contributed by atoms with Gasteiger partial charge in [0, 0.05) is 47.1 Å². The van der Waals surface area contributed by atoms with Crippen LogP contribution in [0.3, 0.4) is 0 Å². The lowest BCUT2D eigenvalue weighted by Gasteiger charge is -2.39. The van der Waals surface area contributed by atoms with Crippen molar-refractivity contribution in [3.05, 3.63) is 18.2 Å². The predicted molar refractivity (Wildman–Crippen MR) is 85.4 cm³/mol. The van der Waals surface area contributed by atoms with Gasteiger partial charge >= 0.3 is 0 Å². The minimum absolute atomic E-state index is 0.527. The van der Waals surface area contributed by atoms with Crippen LogP contribution in [0, 0.1) is 0 Å². The van der Waals surface area contributed by atoms with Crippen LogP contribution in [0.25, 0.3) is 0 Å². The fraction of sp³-hybridized carbons (Fsp3) is 0.600. The van der Waals surface area contributed by atoms with Gasteiger partial charge in [0.05, 0.1) is 6.61 Å². The number of anilines is 2. The molecule has 1 aromatic carbocycles. The van der Waals surface area contributed by atoms with E-state index >= 15 is 0 Å². The number of nitrogen functional groups attached to an aromatic ring is 1. The van der Waals surface area contributed by atoms with Crippen molar-refractivity contribution in [1.82, 2.24) is 0 Å². The highest BCUT2D eigenvalue weighted by Crippen LogP contribution is 2.32. The van der Waals surface area contributed by atoms with E-state index in [1.54, 1.807) is 0 Å². The second-order valence-corrected chi connectivity index (χ2v) is 6.60. The zero-order chi connectivity index (χ0) is 13.8. The van der Waals surface area contributed by atoms with Crippen LogP contribution < -0.4 is 15.4 Å². The van der Waals surface area contributed by atoms with Crippen molar-refractivity contribution in [3.8, 4) is 5.75 Å². The molecule has 0 saturated carbocycles. The van der Waals surface area contributed by atoms with Crippen molar-refractivity contribution < 1.29 is 4.74 Å². The maximum Gasteiger partial charge on any atom is 0.123 e. The van der Waals surface area contributed by atoms with Gasteiger partial charge in [0.15, 0.2) is 0 Å². The number of rotatable bonds is 4. The topological polar surface area (TPSA) is 38.5 Å². The molecule has 0 aliphatic carbocycles. The third-order valence-corrected chi connectivity index (χ3v) is 4.94. The molecule has 2 rings (SSSR count). The third-order valence-electron chi connectivity index (χ3n) is 3.60. The smallest absolute Gasteiger partial charge is 0.123 e. The van der Waals surface area contributed by atoms with Crippen LogP contribution in [-0.4, -0.2) is 30.2 Å². The summed E-state index contributed by atoms with van der Waals surface area (Å²) in [6.07, 6.45) is 1.01. The molecule has 1 aliphatic heterocycles. The van der Waals surface area contributed by atoms with E-state index in [1.165, 1.54) is 11.4 Å². The van der Waals surface area contributed by atoms with E-state index in [0.29, 0.717) is 11.3 Å². The Balaban J connectivity index is 2.20. The number of nitrogens with zero attached hydrogens (tertiary/aromatic N) is 1. The fourth-order valence-corrected chi connectivity index (χ4v) is 3.47. The van der Waals surface area contributed by atoms with E-state index < -0.39 is 0 Å². The Labute approximate surface area is 120 Å². The Bertz CT molecular complexity index is 425. The van der Waals surface area contributed by atoms with Gasteiger partial charge < -0.3 is 15.4 Å². The first kappa shape index (κ1) is 14.4. The molecule has 1 fully saturated rings. The molecule has 0 bridgehead atoms. The number of thioether (sulfide) groups is 1. The van der Waals surface area contributed by atoms with E-state index in [2.05, 4.69) is 37.8 Å². The summed E-state index contributed by atoms with van der Waals surface area (Å²) in [6, 6.07) is 6.61. The normalized spacial score (nSPS) is 23.4. The van der Waals surface area contributed by atoms with E-state index in [1.807, 2.05) is 17.8 Å². The molecule has 1 saturated heterocycles. The molecule has 0 radical (unpaired) electrons. The first-order valence-electron chi connectivity index (χ1n) is 7.03. The highest BCUT2D eigenvalue weighted by atomic mass is 32.2. The quantitative estimate of drug-likeness (QED) is 0.858. The molecule has 3 nitrogen and oxygen atoms in total. The minimum atomic E-state index is 0.527. The highest BCUT2D eigenvalue weighted by Gasteiger charge is 2.25. The van der Waals surface area contributed by atoms with Gasteiger partial charge in [-0.2, -0.15) is 11.8 Å². The van der Waals surface area contributed by atoms with Gasteiger partial charge in [-0.25, -0.2) is 0 Å². The predicted octanol–water partition coefficient (Wildman–Crippen LogP) is 3.39. The summed E-state index contributed by atoms with van der Waals surface area (Å²) >= 11 is 2.04. The average Bonchev–Trinajstić information content (AvgIpc) is 2.39. The van der Waals surface area contributed by atoms with Crippen LogP contribution in [0.2, 0.25) is 0 Å². The van der Waals surface area contributed by atoms with Crippen LogP contribution >= 0.6 is 11.8 Å². The molecule has 2 unspecified atom stereocenters. The standard InChI is InChI=1S/C15H24N2OS/c1-4-6-18-15-9-13(16)8-14(10-15)17-5-7-19-12(3)11(17)2/h8-12H,4-7,16H2,1-3H3. The Kier molecular flexibility index (Phi) is 4.86. The Morgan fingerprint density at radius 1 is 1.37 bits per heavy atom. The highest BCUT2D eigenvalue weighted by molar-refractivity contribution is 8.00. The molecule has 19 heavy (non-hydrogen) atoms. The molecule has 1 heterocycles. The maximum atomic E-state index is 6.01. The van der Waals surface area contributed by atoms with Gasteiger partial charge in [-0.05, 0) is 19.4 Å². The third kappa shape index (κ3) is 3.50. The van der Waals surface area contributed by atoms with Gasteiger partial charge in [0.25, 0.3) is 0 Å². The summed E-state index contributed by atoms with van der Waals surface area (Å²) in [6.45, 7) is 8.51. The van der Waals surface area contributed by atoms with Crippen molar-refractivity contribution in [3.63, 3.8) is 0 Å². The molecular weight excluding hydrogens is 256 g/mol. The Morgan fingerprint density at radius 2 is 2.16 bits per heavy atom. The molecule has 2 atom stereocenters. The van der Waals surface area contributed by atoms with Crippen LogP contribution in [0.4, 0.5) is 11.4 Å². The SMILES string of the molecule is CCCOc1cc(N)cc(N2CCSC(C)C2C)c1. The molecule has 1 aliphatic rings. The van der Waals surface area contributed by atoms with E-state index in [-0.39, 0.29) is 0 Å². The maximum absolute atomic E-state index is 6.01. The second kappa shape index (κ2) is 6.42. The summed E-state index contributed by atoms with van der Waals surface area (Å²) in [5.41, 5.74) is 7.97. The summed E-state index contributed by atoms with van der Waals surface area (Å²) in [7, 11) is 0. The van der Waals surface area contributed by atoms with Crippen LogP contribution in [0.5, 0.6) is 5.75 Å². The van der Waals surface area contributed by atoms with E-state index in [9.17, 15) is 0 Å². The molecule has 2 N–H and O–H groups in total. The van der Waals surface area contributed by atoms with Gasteiger partial charge in [0.2, 0.25) is 0 Å². The number of hydrogen-bond acceptors (Lipinski definition) is 4. The van der Waals surface area contributed by atoms with Gasteiger partial charge in [-0.3, -0.25) is 0 Å². The van der Waals surface area contributed by atoms with Crippen molar-refractivity contribution in [2.75, 3.05) is 29.5 Å². The Morgan fingerprint density at radius 3 is 2.89 bits per heavy atom. The second-order valence-electron chi connectivity index (χ2n) is 5.12. The zero-order valence-electron chi connectivity index (χ0n) is 12.1. The number of benzene rings is 1. The van der Waals surface area contributed by atoms with Crippen LogP contribution in [-0.2, 0) is 0 Å². The molecule has 0 amide bonds. The van der Waals surface area contributed by atoms with Gasteiger partial charge in [-0.1, -0.05) is 13.8 Å². The minimum Gasteiger partial charge on any atom is -0.493 e. The average molecular weight is 280 g/mol. The van der Waals surface area contributed by atoms with Gasteiger partial charge in [0.1, 0.15) is 5.75 Å². The summed E-state index contributed by atoms with van der Waals surface area (Å²) < 4.78 is 5.72. The van der Waals surface area contributed by atoms with Crippen molar-refractivity contribution in [2.45, 2.75) is 38.5 Å². The number of hydrogen-bond donors (Lipinski definition) is 1. The largest absolute Gasteiger partial charge is 0.493 e. The van der Waals surface area contributed by atoms with Crippen molar-refractivity contribution in [2.24, 2.45) is 0 Å². The lowest BCUT2D eigenvalue weighted by atomic mass is 10.1. The fourth-order valence-electron chi connectivity index (χ4n) is 2.37. The molecule has 1 aromatic rings. The molecule has 0 aromatic heterocycles. The number of nitrogens with two attached hydrogens (primary N) is 1. The van der Waals surface area contributed by atoms with Crippen LogP contribution in [0.1, 0.15) is 27.2 Å². The van der Waals surface area contributed by atoms with Crippen LogP contribution in [0.15, 0.2) is 18.2 Å². The van der Waals surface area contributed by atoms with Gasteiger partial charge in [-0.15, -0.1) is 0 Å². The van der Waals surface area contributed by atoms with E-state index in [0.717, 1.165) is 31.0 Å². The zero-order valence-corrected chi connectivity index (χ0v) is 12.9. The van der Waals surface area contributed by atoms with Crippen molar-refractivity contribution in [1.29, 1.82) is 0 Å². The molecule has 106 valence electrons. The summed E-state index contributed by atoms with van der Waals surface area (Å²) in [5.74, 6) is 2.06. The van der Waals surface area contributed by atoms with E-state index in [4.69, 9.17) is 10.5 Å².